The molecule has 2 aromatic rings. The molecule has 2 rings (SSSR count). The van der Waals surface area contributed by atoms with Gasteiger partial charge < -0.3 is 10.1 Å². The highest BCUT2D eigenvalue weighted by atomic mass is 19.1. The van der Waals surface area contributed by atoms with Gasteiger partial charge in [0.2, 0.25) is 0 Å². The molecule has 0 saturated heterocycles. The Kier molecular flexibility index (Phi) is 4.85. The Morgan fingerprint density at radius 2 is 1.87 bits per heavy atom. The third kappa shape index (κ3) is 4.00. The SMILES string of the molecule is COc1ccc([N+](=O)[O-])cc1C(=O)NCc1cc(F)cc(F)c1. The maximum atomic E-state index is 13.1. The summed E-state index contributed by atoms with van der Waals surface area (Å²) in [6, 6.07) is 6.45. The van der Waals surface area contributed by atoms with Crippen LogP contribution in [0.2, 0.25) is 0 Å². The van der Waals surface area contributed by atoms with Crippen LogP contribution in [0.25, 0.3) is 0 Å². The van der Waals surface area contributed by atoms with E-state index in [0.29, 0.717) is 0 Å². The van der Waals surface area contributed by atoms with Crippen molar-refractivity contribution < 1.29 is 23.2 Å². The van der Waals surface area contributed by atoms with Gasteiger partial charge in [-0.2, -0.15) is 0 Å². The third-order valence-corrected chi connectivity index (χ3v) is 3.01. The van der Waals surface area contributed by atoms with E-state index in [0.717, 1.165) is 24.3 Å². The zero-order valence-corrected chi connectivity index (χ0v) is 12.0. The molecule has 0 atom stereocenters. The molecule has 23 heavy (non-hydrogen) atoms. The van der Waals surface area contributed by atoms with Crippen molar-refractivity contribution in [2.24, 2.45) is 0 Å². The maximum Gasteiger partial charge on any atom is 0.270 e. The number of non-ortho nitro benzene ring substituents is 1. The van der Waals surface area contributed by atoms with Crippen LogP contribution in [0.15, 0.2) is 36.4 Å². The number of nitrogens with zero attached hydrogens (tertiary/aromatic N) is 1. The molecule has 0 heterocycles. The molecule has 1 N–H and O–H groups in total. The van der Waals surface area contributed by atoms with E-state index < -0.39 is 22.5 Å². The number of amides is 1. The highest BCUT2D eigenvalue weighted by molar-refractivity contribution is 5.97. The van der Waals surface area contributed by atoms with E-state index in [1.807, 2.05) is 0 Å². The van der Waals surface area contributed by atoms with Gasteiger partial charge >= 0.3 is 0 Å². The summed E-state index contributed by atoms with van der Waals surface area (Å²) in [7, 11) is 1.32. The molecule has 8 heteroatoms. The first kappa shape index (κ1) is 16.3. The molecule has 0 aromatic heterocycles. The number of nitro benzene ring substituents is 1. The fourth-order valence-corrected chi connectivity index (χ4v) is 1.98. The lowest BCUT2D eigenvalue weighted by Crippen LogP contribution is -2.23. The van der Waals surface area contributed by atoms with Crippen molar-refractivity contribution in [3.05, 3.63) is 69.3 Å². The van der Waals surface area contributed by atoms with Crippen LogP contribution in [0, 0.1) is 21.7 Å². The van der Waals surface area contributed by atoms with Gasteiger partial charge in [-0.1, -0.05) is 0 Å². The van der Waals surface area contributed by atoms with Crippen molar-refractivity contribution >= 4 is 11.6 Å². The number of hydrogen-bond acceptors (Lipinski definition) is 4. The Hall–Kier alpha value is -3.03. The summed E-state index contributed by atoms with van der Waals surface area (Å²) in [4.78, 5) is 22.3. The molecule has 0 radical (unpaired) electrons. The van der Waals surface area contributed by atoms with Crippen LogP contribution in [0.5, 0.6) is 5.75 Å². The summed E-state index contributed by atoms with van der Waals surface area (Å²) in [5.74, 6) is -2.03. The number of benzene rings is 2. The van der Waals surface area contributed by atoms with Gasteiger partial charge in [0.15, 0.2) is 0 Å². The Balaban J connectivity index is 2.19. The zero-order valence-electron chi connectivity index (χ0n) is 12.0. The van der Waals surface area contributed by atoms with Crippen molar-refractivity contribution in [1.29, 1.82) is 0 Å². The van der Waals surface area contributed by atoms with E-state index in [-0.39, 0.29) is 29.1 Å². The Bertz CT molecular complexity index is 745. The highest BCUT2D eigenvalue weighted by Crippen LogP contribution is 2.24. The Morgan fingerprint density at radius 3 is 2.43 bits per heavy atom. The maximum absolute atomic E-state index is 13.1. The van der Waals surface area contributed by atoms with Gasteiger partial charge in [0.1, 0.15) is 17.4 Å². The number of nitrogens with one attached hydrogen (secondary N) is 1. The second-order valence-corrected chi connectivity index (χ2v) is 4.60. The van der Waals surface area contributed by atoms with E-state index in [4.69, 9.17) is 4.74 Å². The largest absolute Gasteiger partial charge is 0.496 e. The smallest absolute Gasteiger partial charge is 0.270 e. The van der Waals surface area contributed by atoms with Gasteiger partial charge in [0.25, 0.3) is 11.6 Å². The molecule has 0 unspecified atom stereocenters. The molecule has 0 aliphatic heterocycles. The summed E-state index contributed by atoms with van der Waals surface area (Å²) >= 11 is 0. The predicted octanol–water partition coefficient (Wildman–Crippen LogP) is 2.81. The number of ether oxygens (including phenoxy) is 1. The van der Waals surface area contributed by atoms with Crippen LogP contribution in [-0.2, 0) is 6.54 Å². The molecule has 1 amide bonds. The molecular weight excluding hydrogens is 310 g/mol. The van der Waals surface area contributed by atoms with Gasteiger partial charge in [0, 0.05) is 24.7 Å². The number of halogens is 2. The number of carbonyl (C=O) groups is 1. The fraction of sp³-hybridized carbons (Fsp3) is 0.133. The molecular formula is C15H12F2N2O4. The van der Waals surface area contributed by atoms with E-state index in [1.54, 1.807) is 0 Å². The first-order valence-electron chi connectivity index (χ1n) is 6.46. The number of rotatable bonds is 5. The molecule has 0 aliphatic carbocycles. The minimum atomic E-state index is -0.762. The van der Waals surface area contributed by atoms with Gasteiger partial charge in [-0.3, -0.25) is 14.9 Å². The molecule has 0 aliphatic rings. The average molecular weight is 322 g/mol. The average Bonchev–Trinajstić information content (AvgIpc) is 2.51. The van der Waals surface area contributed by atoms with E-state index in [9.17, 15) is 23.7 Å². The van der Waals surface area contributed by atoms with Gasteiger partial charge in [-0.05, 0) is 23.8 Å². The van der Waals surface area contributed by atoms with Crippen molar-refractivity contribution in [2.75, 3.05) is 7.11 Å². The number of methoxy groups -OCH3 is 1. The normalized spacial score (nSPS) is 10.2. The monoisotopic (exact) mass is 322 g/mol. The summed E-state index contributed by atoms with van der Waals surface area (Å²) in [5, 5.41) is 13.2. The van der Waals surface area contributed by atoms with Crippen molar-refractivity contribution in [3.63, 3.8) is 0 Å². The molecule has 6 nitrogen and oxygen atoms in total. The standard InChI is InChI=1S/C15H12F2N2O4/c1-23-14-3-2-12(19(21)22)7-13(14)15(20)18-8-9-4-10(16)6-11(17)5-9/h2-7H,8H2,1H3,(H,18,20). The molecule has 0 bridgehead atoms. The lowest BCUT2D eigenvalue weighted by atomic mass is 10.1. The quantitative estimate of drug-likeness (QED) is 0.678. The summed E-state index contributed by atoms with van der Waals surface area (Å²) in [6.45, 7) is -0.140. The lowest BCUT2D eigenvalue weighted by molar-refractivity contribution is -0.384. The van der Waals surface area contributed by atoms with Crippen LogP contribution < -0.4 is 10.1 Å². The summed E-state index contributed by atoms with van der Waals surface area (Å²) < 4.78 is 31.2. The van der Waals surface area contributed by atoms with Crippen LogP contribution in [0.4, 0.5) is 14.5 Å². The Labute approximate surface area is 129 Å². The second-order valence-electron chi connectivity index (χ2n) is 4.60. The summed E-state index contributed by atoms with van der Waals surface area (Å²) in [6.07, 6.45) is 0. The minimum Gasteiger partial charge on any atom is -0.496 e. The number of nitro groups is 1. The van der Waals surface area contributed by atoms with Crippen LogP contribution >= 0.6 is 0 Å². The van der Waals surface area contributed by atoms with E-state index in [1.165, 1.54) is 19.2 Å². The van der Waals surface area contributed by atoms with Crippen molar-refractivity contribution in [1.82, 2.24) is 5.32 Å². The second kappa shape index (κ2) is 6.82. The number of carbonyl (C=O) groups excluding carboxylic acids is 1. The Morgan fingerprint density at radius 1 is 1.22 bits per heavy atom. The van der Waals surface area contributed by atoms with Crippen molar-refractivity contribution in [3.8, 4) is 5.75 Å². The zero-order chi connectivity index (χ0) is 17.0. The fourth-order valence-electron chi connectivity index (χ4n) is 1.98. The topological polar surface area (TPSA) is 81.5 Å². The van der Waals surface area contributed by atoms with E-state index in [2.05, 4.69) is 5.32 Å². The predicted molar refractivity (Wildman–Crippen MR) is 77.2 cm³/mol. The minimum absolute atomic E-state index is 0.0430. The molecule has 0 saturated carbocycles. The number of hydrogen-bond donors (Lipinski definition) is 1. The third-order valence-electron chi connectivity index (χ3n) is 3.01. The molecule has 120 valence electrons. The highest BCUT2D eigenvalue weighted by Gasteiger charge is 2.17. The lowest BCUT2D eigenvalue weighted by Gasteiger charge is -2.09. The van der Waals surface area contributed by atoms with Crippen molar-refractivity contribution in [2.45, 2.75) is 6.54 Å². The molecule has 0 spiro atoms. The first-order valence-corrected chi connectivity index (χ1v) is 6.46. The molecule has 2 aromatic carbocycles. The first-order chi connectivity index (χ1) is 10.9. The molecule has 0 fully saturated rings. The van der Waals surface area contributed by atoms with Gasteiger partial charge in [0.05, 0.1) is 17.6 Å². The van der Waals surface area contributed by atoms with Gasteiger partial charge in [-0.15, -0.1) is 0 Å². The van der Waals surface area contributed by atoms with E-state index >= 15 is 0 Å². The van der Waals surface area contributed by atoms with Crippen LogP contribution in [-0.4, -0.2) is 17.9 Å². The van der Waals surface area contributed by atoms with Gasteiger partial charge in [-0.25, -0.2) is 8.78 Å². The summed E-state index contributed by atoms with van der Waals surface area (Å²) in [5.41, 5.74) is -0.0911. The van der Waals surface area contributed by atoms with Crippen LogP contribution in [0.3, 0.4) is 0 Å². The van der Waals surface area contributed by atoms with Crippen LogP contribution in [0.1, 0.15) is 15.9 Å².